The van der Waals surface area contributed by atoms with Gasteiger partial charge in [-0.1, -0.05) is 13.8 Å². The van der Waals surface area contributed by atoms with Crippen LogP contribution < -0.4 is 15.5 Å². The van der Waals surface area contributed by atoms with E-state index in [1.54, 1.807) is 27.7 Å². The lowest BCUT2D eigenvalue weighted by Crippen LogP contribution is -2.51. The number of carboxylic acid groups (broad SMARTS) is 1. The van der Waals surface area contributed by atoms with Crippen LogP contribution in [0.15, 0.2) is 12.3 Å². The van der Waals surface area contributed by atoms with Crippen LogP contribution in [0.1, 0.15) is 58.5 Å². The van der Waals surface area contributed by atoms with Crippen molar-refractivity contribution in [2.45, 2.75) is 59.6 Å². The van der Waals surface area contributed by atoms with Crippen molar-refractivity contribution in [2.75, 3.05) is 18.1 Å². The molecular weight excluding hydrogens is 424 g/mol. The molecule has 10 nitrogen and oxygen atoms in total. The van der Waals surface area contributed by atoms with Gasteiger partial charge >= 0.3 is 18.2 Å². The van der Waals surface area contributed by atoms with Crippen LogP contribution in [0.2, 0.25) is 0 Å². The summed E-state index contributed by atoms with van der Waals surface area (Å²) in [5.74, 6) is -0.983. The van der Waals surface area contributed by atoms with E-state index in [9.17, 15) is 19.5 Å². The van der Waals surface area contributed by atoms with Crippen LogP contribution in [0, 0.1) is 5.92 Å². The van der Waals surface area contributed by atoms with Crippen molar-refractivity contribution in [1.82, 2.24) is 15.6 Å². The molecule has 1 aromatic heterocycles. The average Bonchev–Trinajstić information content (AvgIpc) is 3.06. The van der Waals surface area contributed by atoms with E-state index in [0.717, 1.165) is 0 Å². The summed E-state index contributed by atoms with van der Waals surface area (Å²) in [6, 6.07) is 1.08. The van der Waals surface area contributed by atoms with E-state index in [2.05, 4.69) is 15.6 Å². The molecule has 0 spiro atoms. The molecule has 0 aromatic carbocycles. The van der Waals surface area contributed by atoms with Crippen molar-refractivity contribution in [3.8, 4) is 0 Å². The topological polar surface area (TPSA) is 133 Å². The summed E-state index contributed by atoms with van der Waals surface area (Å²) >= 11 is 5.36. The minimum Gasteiger partial charge on any atom is -0.477 e. The Hall–Kier alpha value is -2.82. The summed E-state index contributed by atoms with van der Waals surface area (Å²) in [4.78, 5) is 40.0. The maximum absolute atomic E-state index is 12.4. The number of alkyl carbamates (subject to hydrolysis) is 2. The van der Waals surface area contributed by atoms with Crippen LogP contribution >= 0.6 is 12.2 Å². The molecule has 2 amide bonds. The Balaban J connectivity index is 3.19. The lowest BCUT2D eigenvalue weighted by atomic mass is 10.0. The molecule has 1 aromatic rings. The molecule has 1 heterocycles. The fourth-order valence-corrected chi connectivity index (χ4v) is 3.07. The van der Waals surface area contributed by atoms with E-state index < -0.39 is 29.8 Å². The van der Waals surface area contributed by atoms with Gasteiger partial charge in [-0.05, 0) is 58.3 Å². The molecule has 0 saturated heterocycles. The summed E-state index contributed by atoms with van der Waals surface area (Å²) in [6.07, 6.45) is 0.655. The smallest absolute Gasteiger partial charge is 0.413 e. The highest BCUT2D eigenvalue weighted by Gasteiger charge is 2.27. The van der Waals surface area contributed by atoms with Crippen molar-refractivity contribution >= 4 is 41.2 Å². The second-order valence-corrected chi connectivity index (χ2v) is 8.66. The Morgan fingerprint density at radius 2 is 1.90 bits per heavy atom. The molecule has 4 N–H and O–H groups in total. The number of rotatable bonds is 8. The number of hydrogen-bond acceptors (Lipinski definition) is 6. The van der Waals surface area contributed by atoms with Gasteiger partial charge in [-0.25, -0.2) is 14.4 Å². The Morgan fingerprint density at radius 1 is 1.26 bits per heavy atom. The van der Waals surface area contributed by atoms with Crippen LogP contribution in [-0.4, -0.2) is 58.2 Å². The number of carboxylic acids is 1. The number of nitrogens with one attached hydrogen (secondary N) is 3. The fourth-order valence-electron chi connectivity index (χ4n) is 2.81. The fraction of sp³-hybridized carbons (Fsp3) is 0.600. The van der Waals surface area contributed by atoms with Gasteiger partial charge in [0.05, 0.1) is 18.3 Å². The second kappa shape index (κ2) is 11.5. The molecule has 0 bridgehead atoms. The van der Waals surface area contributed by atoms with E-state index in [1.807, 2.05) is 13.8 Å². The molecule has 174 valence electrons. The average molecular weight is 457 g/mol. The lowest BCUT2D eigenvalue weighted by molar-refractivity contribution is 0.0499. The molecule has 0 aliphatic heterocycles. The van der Waals surface area contributed by atoms with Gasteiger partial charge in [-0.15, -0.1) is 0 Å². The number of carbonyl (C=O) groups excluding carboxylic acids is 2. The van der Waals surface area contributed by atoms with Crippen molar-refractivity contribution in [2.24, 2.45) is 5.92 Å². The third kappa shape index (κ3) is 9.24. The predicted octanol–water partition coefficient (Wildman–Crippen LogP) is 3.49. The van der Waals surface area contributed by atoms with Gasteiger partial charge < -0.3 is 29.8 Å². The number of ether oxygens (including phenoxy) is 2. The third-order valence-electron chi connectivity index (χ3n) is 3.84. The quantitative estimate of drug-likeness (QED) is 0.437. The largest absolute Gasteiger partial charge is 0.477 e. The third-order valence-corrected chi connectivity index (χ3v) is 4.16. The molecule has 0 aliphatic carbocycles. The van der Waals surface area contributed by atoms with Gasteiger partial charge in [0.1, 0.15) is 11.3 Å². The zero-order valence-corrected chi connectivity index (χ0v) is 19.6. The van der Waals surface area contributed by atoms with E-state index in [-0.39, 0.29) is 35.6 Å². The molecule has 31 heavy (non-hydrogen) atoms. The lowest BCUT2D eigenvalue weighted by Gasteiger charge is -2.31. The van der Waals surface area contributed by atoms with Gasteiger partial charge in [-0.2, -0.15) is 0 Å². The number of aromatic carboxylic acids is 1. The molecule has 0 saturated carbocycles. The summed E-state index contributed by atoms with van der Waals surface area (Å²) in [5.41, 5.74) is -0.535. The zero-order chi connectivity index (χ0) is 23.8. The van der Waals surface area contributed by atoms with Crippen LogP contribution in [-0.2, 0) is 9.47 Å². The summed E-state index contributed by atoms with van der Waals surface area (Å²) in [5, 5.41) is 14.7. The Bertz CT molecular complexity index is 787. The van der Waals surface area contributed by atoms with Gasteiger partial charge in [0.15, 0.2) is 5.11 Å². The first-order chi connectivity index (χ1) is 14.3. The molecule has 1 rings (SSSR count). The van der Waals surface area contributed by atoms with Gasteiger partial charge in [0.2, 0.25) is 0 Å². The van der Waals surface area contributed by atoms with E-state index in [1.165, 1.54) is 17.2 Å². The molecule has 0 fully saturated rings. The number of hydrogen-bond donors (Lipinski definition) is 4. The Labute approximate surface area is 187 Å². The van der Waals surface area contributed by atoms with E-state index in [4.69, 9.17) is 21.7 Å². The van der Waals surface area contributed by atoms with E-state index >= 15 is 0 Å². The second-order valence-electron chi connectivity index (χ2n) is 8.28. The number of aromatic amines is 1. The highest BCUT2D eigenvalue weighted by Crippen LogP contribution is 2.22. The number of thiocarbonyl (C=S) groups is 1. The van der Waals surface area contributed by atoms with Crippen molar-refractivity contribution in [3.05, 3.63) is 18.0 Å². The predicted molar refractivity (Wildman–Crippen MR) is 120 cm³/mol. The number of amides is 2. The SMILES string of the molecule is CCOC(=O)NC(=S)N(C[C@H](CC(C)C)NC(=O)OC(C)(C)C)c1cc[nH]c1C(=O)O. The molecule has 0 radical (unpaired) electrons. The van der Waals surface area contributed by atoms with Gasteiger partial charge in [0.25, 0.3) is 0 Å². The van der Waals surface area contributed by atoms with Crippen LogP contribution in [0.4, 0.5) is 15.3 Å². The maximum atomic E-state index is 12.4. The first-order valence-corrected chi connectivity index (χ1v) is 10.4. The molecular formula is C20H32N4O6S. The Kier molecular flexibility index (Phi) is 9.76. The van der Waals surface area contributed by atoms with E-state index in [0.29, 0.717) is 6.42 Å². The number of H-pyrrole nitrogens is 1. The number of aromatic nitrogens is 1. The molecule has 11 heteroatoms. The maximum Gasteiger partial charge on any atom is 0.413 e. The molecule has 1 atom stereocenters. The minimum absolute atomic E-state index is 0.0553. The Morgan fingerprint density at radius 3 is 2.42 bits per heavy atom. The standard InChI is InChI=1S/C20H32N4O6S/c1-7-29-18(27)23-17(31)24(14-8-9-21-15(14)16(25)26)11-13(10-12(2)3)22-19(28)30-20(4,5)6/h8-9,12-13,21H,7,10-11H2,1-6H3,(H,22,28)(H,25,26)(H,23,27,31)/t13-/m0/s1. The van der Waals surface area contributed by atoms with Crippen molar-refractivity contribution in [1.29, 1.82) is 0 Å². The monoisotopic (exact) mass is 456 g/mol. The van der Waals surface area contributed by atoms with Crippen molar-refractivity contribution < 1.29 is 29.0 Å². The summed E-state index contributed by atoms with van der Waals surface area (Å²) in [7, 11) is 0. The van der Waals surface area contributed by atoms with Crippen LogP contribution in [0.5, 0.6) is 0 Å². The highest BCUT2D eigenvalue weighted by atomic mass is 32.1. The number of anilines is 1. The van der Waals surface area contributed by atoms with Crippen LogP contribution in [0.3, 0.4) is 0 Å². The molecule has 0 unspecified atom stereocenters. The van der Waals surface area contributed by atoms with Crippen molar-refractivity contribution in [3.63, 3.8) is 0 Å². The number of nitrogens with zero attached hydrogens (tertiary/aromatic N) is 1. The molecule has 0 aliphatic rings. The number of carbonyl (C=O) groups is 3. The minimum atomic E-state index is -1.19. The first kappa shape index (κ1) is 26.2. The van der Waals surface area contributed by atoms with Gasteiger partial charge in [0, 0.05) is 12.7 Å². The summed E-state index contributed by atoms with van der Waals surface area (Å²) < 4.78 is 10.2. The zero-order valence-electron chi connectivity index (χ0n) is 18.8. The van der Waals surface area contributed by atoms with Gasteiger partial charge in [-0.3, -0.25) is 5.32 Å². The normalized spacial score (nSPS) is 12.1. The highest BCUT2D eigenvalue weighted by molar-refractivity contribution is 7.80. The summed E-state index contributed by atoms with van der Waals surface area (Å²) in [6.45, 7) is 11.1. The van der Waals surface area contributed by atoms with Crippen LogP contribution in [0.25, 0.3) is 0 Å². The first-order valence-electron chi connectivity index (χ1n) is 9.99.